The highest BCUT2D eigenvalue weighted by Crippen LogP contribution is 2.27. The number of hydrogen-bond acceptors (Lipinski definition) is 6. The van der Waals surface area contributed by atoms with Crippen molar-refractivity contribution in [2.24, 2.45) is 11.7 Å². The number of anilines is 1. The van der Waals surface area contributed by atoms with Crippen LogP contribution in [-0.4, -0.2) is 63.9 Å². The van der Waals surface area contributed by atoms with Crippen LogP contribution in [0.4, 0.5) is 10.5 Å². The molecule has 3 rings (SSSR count). The van der Waals surface area contributed by atoms with Crippen LogP contribution in [-0.2, 0) is 17.6 Å². The summed E-state index contributed by atoms with van der Waals surface area (Å²) in [6.45, 7) is 5.93. The van der Waals surface area contributed by atoms with Crippen molar-refractivity contribution in [3.63, 3.8) is 0 Å². The van der Waals surface area contributed by atoms with Crippen LogP contribution in [0.5, 0.6) is 5.75 Å². The zero-order valence-corrected chi connectivity index (χ0v) is 21.0. The molecule has 1 unspecified atom stereocenters. The van der Waals surface area contributed by atoms with Crippen molar-refractivity contribution in [2.75, 3.05) is 31.6 Å². The van der Waals surface area contributed by atoms with E-state index in [0.717, 1.165) is 24.0 Å². The predicted octanol–water partition coefficient (Wildman–Crippen LogP) is 2.30. The first-order chi connectivity index (χ1) is 17.1. The third-order valence-electron chi connectivity index (χ3n) is 6.66. The van der Waals surface area contributed by atoms with Crippen molar-refractivity contribution in [1.82, 2.24) is 10.2 Å². The lowest BCUT2D eigenvalue weighted by Crippen LogP contribution is -2.43. The second-order valence-corrected chi connectivity index (χ2v) is 10.2. The smallest absolute Gasteiger partial charge is 0.316 e. The maximum atomic E-state index is 12.8. The van der Waals surface area contributed by atoms with Crippen LogP contribution in [0.25, 0.3) is 0 Å². The van der Waals surface area contributed by atoms with Gasteiger partial charge in [-0.15, -0.1) is 0 Å². The molecule has 0 aromatic heterocycles. The quantitative estimate of drug-likeness (QED) is 0.277. The van der Waals surface area contributed by atoms with Crippen LogP contribution in [0.15, 0.2) is 42.5 Å². The number of aromatic hydroxyl groups is 1. The Morgan fingerprint density at radius 1 is 1.14 bits per heavy atom. The fraction of sp³-hybridized carbons (Fsp3) is 0.481. The molecule has 1 saturated heterocycles. The average Bonchev–Trinajstić information content (AvgIpc) is 2.83. The number of amides is 3. The van der Waals surface area contributed by atoms with Gasteiger partial charge in [-0.05, 0) is 67.9 Å². The molecule has 0 radical (unpaired) electrons. The molecule has 2 aromatic rings. The lowest BCUT2D eigenvalue weighted by atomic mass is 9.92. The summed E-state index contributed by atoms with van der Waals surface area (Å²) < 4.78 is 0. The number of piperidine rings is 1. The molecule has 2 aromatic carbocycles. The van der Waals surface area contributed by atoms with E-state index in [4.69, 9.17) is 5.73 Å². The number of urea groups is 1. The average molecular weight is 499 g/mol. The highest BCUT2D eigenvalue weighted by atomic mass is 16.3. The summed E-state index contributed by atoms with van der Waals surface area (Å²) in [6, 6.07) is 11.7. The number of phenolic OH excluding ortho intramolecular Hbond substituents is 1. The number of phenols is 1. The summed E-state index contributed by atoms with van der Waals surface area (Å²) in [5.41, 5.74) is 7.51. The second kappa shape index (κ2) is 12.2. The number of aliphatic hydroxyl groups excluding tert-OH is 2. The first-order valence-corrected chi connectivity index (χ1v) is 12.3. The van der Waals surface area contributed by atoms with Crippen molar-refractivity contribution >= 4 is 17.6 Å². The molecule has 0 spiro atoms. The summed E-state index contributed by atoms with van der Waals surface area (Å²) in [6.07, 6.45) is 1.88. The fourth-order valence-electron chi connectivity index (χ4n) is 4.56. The molecule has 1 aliphatic rings. The molecular formula is C27H38N4O5. The Balaban J connectivity index is 1.55. The molecule has 36 heavy (non-hydrogen) atoms. The number of carbonyl (C=O) groups excluding carboxylic acids is 2. The number of aliphatic hydroxyl groups is 2. The lowest BCUT2D eigenvalue weighted by molar-refractivity contribution is -0.132. The predicted molar refractivity (Wildman–Crippen MR) is 139 cm³/mol. The zero-order valence-electron chi connectivity index (χ0n) is 21.0. The molecule has 7 N–H and O–H groups in total. The van der Waals surface area contributed by atoms with Gasteiger partial charge >= 0.3 is 6.03 Å². The maximum Gasteiger partial charge on any atom is 0.316 e. The molecule has 0 aliphatic carbocycles. The molecule has 9 heteroatoms. The summed E-state index contributed by atoms with van der Waals surface area (Å²) in [7, 11) is 0. The number of benzene rings is 2. The van der Waals surface area contributed by atoms with Gasteiger partial charge in [-0.2, -0.15) is 0 Å². The topological polar surface area (TPSA) is 148 Å². The first-order valence-electron chi connectivity index (χ1n) is 12.3. The van der Waals surface area contributed by atoms with Gasteiger partial charge in [-0.1, -0.05) is 30.3 Å². The zero-order chi connectivity index (χ0) is 26.3. The number of nitrogens with zero attached hydrogens (tertiary/aromatic N) is 1. The molecule has 1 fully saturated rings. The van der Waals surface area contributed by atoms with Crippen molar-refractivity contribution in [1.29, 1.82) is 0 Å². The molecule has 1 aliphatic heterocycles. The van der Waals surface area contributed by atoms with Gasteiger partial charge in [0.1, 0.15) is 5.75 Å². The minimum Gasteiger partial charge on any atom is -0.506 e. The van der Waals surface area contributed by atoms with Crippen molar-refractivity contribution < 1.29 is 24.9 Å². The number of hydrogen-bond donors (Lipinski definition) is 6. The largest absolute Gasteiger partial charge is 0.506 e. The first kappa shape index (κ1) is 27.4. The Morgan fingerprint density at radius 3 is 2.50 bits per heavy atom. The molecule has 9 nitrogen and oxygen atoms in total. The maximum absolute atomic E-state index is 12.8. The van der Waals surface area contributed by atoms with E-state index in [2.05, 4.69) is 16.7 Å². The van der Waals surface area contributed by atoms with Gasteiger partial charge in [-0.25, -0.2) is 4.79 Å². The lowest BCUT2D eigenvalue weighted by Gasteiger charge is -2.31. The Bertz CT molecular complexity index is 1050. The second-order valence-electron chi connectivity index (χ2n) is 10.2. The van der Waals surface area contributed by atoms with Crippen LogP contribution < -0.4 is 16.4 Å². The van der Waals surface area contributed by atoms with E-state index < -0.39 is 12.1 Å². The summed E-state index contributed by atoms with van der Waals surface area (Å²) in [5, 5.41) is 35.5. The number of primary amides is 1. The van der Waals surface area contributed by atoms with E-state index in [1.165, 1.54) is 12.1 Å². The van der Waals surface area contributed by atoms with Gasteiger partial charge in [-0.3, -0.25) is 4.79 Å². The highest BCUT2D eigenvalue weighted by molar-refractivity contribution is 5.89. The van der Waals surface area contributed by atoms with Crippen LogP contribution in [0.1, 0.15) is 49.5 Å². The minimum atomic E-state index is -0.864. The summed E-state index contributed by atoms with van der Waals surface area (Å²) in [4.78, 5) is 25.8. The van der Waals surface area contributed by atoms with Gasteiger partial charge in [0.2, 0.25) is 5.91 Å². The van der Waals surface area contributed by atoms with Gasteiger partial charge in [0.15, 0.2) is 0 Å². The summed E-state index contributed by atoms with van der Waals surface area (Å²) in [5.74, 6) is 0.280. The Morgan fingerprint density at radius 2 is 1.83 bits per heavy atom. The number of nitrogens with two attached hydrogens (primary N) is 1. The number of likely N-dealkylation sites (tertiary alicyclic amines) is 1. The van der Waals surface area contributed by atoms with Crippen LogP contribution >= 0.6 is 0 Å². The van der Waals surface area contributed by atoms with E-state index in [1.54, 1.807) is 6.07 Å². The number of rotatable bonds is 10. The van der Waals surface area contributed by atoms with E-state index in [9.17, 15) is 24.9 Å². The number of β-amino-alcohol motifs (C(OH)–C–C–N with tert-alkyl or cyclic N) is 1. The Labute approximate surface area is 212 Å². The molecule has 0 bridgehead atoms. The number of nitrogens with one attached hydrogen (secondary N) is 2. The minimum absolute atomic E-state index is 0.114. The van der Waals surface area contributed by atoms with Crippen molar-refractivity contribution in [2.45, 2.75) is 51.2 Å². The van der Waals surface area contributed by atoms with Gasteiger partial charge in [0, 0.05) is 31.8 Å². The molecular weight excluding hydrogens is 460 g/mol. The standard InChI is InChI=1S/C27H38N4O5/c1-27(2,29-16-24(34)21-6-7-23(33)22(14-21)30-26(28)36)15-20-5-3-4-19(12-20)13-25(35)31-10-8-18(17-32)9-11-31/h3-7,12,14,18,24,29,32-34H,8-11,13,15-17H2,1-2H3,(H3,28,30,36). The highest BCUT2D eigenvalue weighted by Gasteiger charge is 2.23. The van der Waals surface area contributed by atoms with Crippen LogP contribution in [0.3, 0.4) is 0 Å². The van der Waals surface area contributed by atoms with Gasteiger partial charge in [0.05, 0.1) is 18.2 Å². The van der Waals surface area contributed by atoms with E-state index in [1.807, 2.05) is 36.9 Å². The van der Waals surface area contributed by atoms with Crippen LogP contribution in [0, 0.1) is 5.92 Å². The normalized spacial score (nSPS) is 15.5. The molecule has 0 saturated carbocycles. The van der Waals surface area contributed by atoms with Gasteiger partial charge < -0.3 is 36.6 Å². The fourth-order valence-corrected chi connectivity index (χ4v) is 4.56. The van der Waals surface area contributed by atoms with Crippen molar-refractivity contribution in [3.8, 4) is 5.75 Å². The molecule has 1 heterocycles. The Kier molecular flexibility index (Phi) is 9.31. The summed E-state index contributed by atoms with van der Waals surface area (Å²) >= 11 is 0. The third kappa shape index (κ3) is 7.94. The third-order valence-corrected chi connectivity index (χ3v) is 6.66. The monoisotopic (exact) mass is 498 g/mol. The molecule has 1 atom stereocenters. The molecule has 196 valence electrons. The van der Waals surface area contributed by atoms with Crippen molar-refractivity contribution in [3.05, 3.63) is 59.2 Å². The molecule has 3 amide bonds. The van der Waals surface area contributed by atoms with E-state index >= 15 is 0 Å². The SMILES string of the molecule is CC(C)(Cc1cccc(CC(=O)N2CCC(CO)CC2)c1)NCC(O)c1ccc(O)c(NC(N)=O)c1. The Hall–Kier alpha value is -3.14. The van der Waals surface area contributed by atoms with Gasteiger partial charge in [0.25, 0.3) is 0 Å². The van der Waals surface area contributed by atoms with E-state index in [-0.39, 0.29) is 36.0 Å². The van der Waals surface area contributed by atoms with E-state index in [0.29, 0.717) is 37.4 Å². The number of carbonyl (C=O) groups is 2. The van der Waals surface area contributed by atoms with Crippen LogP contribution in [0.2, 0.25) is 0 Å².